The second-order valence-electron chi connectivity index (χ2n) is 4.49. The first-order valence-electron chi connectivity index (χ1n) is 6.49. The van der Waals surface area contributed by atoms with E-state index in [1.165, 1.54) is 0 Å². The molecule has 5 nitrogen and oxygen atoms in total. The zero-order chi connectivity index (χ0) is 15.5. The molecule has 0 aliphatic rings. The van der Waals surface area contributed by atoms with Crippen LogP contribution in [0.4, 0.5) is 0 Å². The number of hydrogen-bond acceptors (Lipinski definition) is 4. The molecule has 108 valence electrons. The van der Waals surface area contributed by atoms with Crippen LogP contribution in [0.2, 0.25) is 5.02 Å². The zero-order valence-corrected chi connectivity index (χ0v) is 12.4. The molecule has 0 aliphatic carbocycles. The van der Waals surface area contributed by atoms with Crippen molar-refractivity contribution >= 4 is 11.6 Å². The van der Waals surface area contributed by atoms with E-state index >= 15 is 0 Å². The lowest BCUT2D eigenvalue weighted by atomic mass is 10.1. The van der Waals surface area contributed by atoms with Gasteiger partial charge >= 0.3 is 0 Å². The van der Waals surface area contributed by atoms with Crippen LogP contribution in [0.5, 0.6) is 5.75 Å². The smallest absolute Gasteiger partial charge is 0.191 e. The van der Waals surface area contributed by atoms with Crippen LogP contribution >= 0.6 is 11.6 Å². The Kier molecular flexibility index (Phi) is 3.77. The number of para-hydroxylation sites is 2. The third-order valence-electron chi connectivity index (χ3n) is 3.19. The fourth-order valence-corrected chi connectivity index (χ4v) is 2.42. The Morgan fingerprint density at radius 2 is 2.00 bits per heavy atom. The Labute approximate surface area is 132 Å². The molecule has 0 amide bonds. The van der Waals surface area contributed by atoms with E-state index in [-0.39, 0.29) is 5.69 Å². The minimum Gasteiger partial charge on any atom is -0.494 e. The van der Waals surface area contributed by atoms with Gasteiger partial charge in [-0.05, 0) is 24.3 Å². The number of hydrogen-bond donors (Lipinski definition) is 0. The van der Waals surface area contributed by atoms with Crippen LogP contribution in [0.1, 0.15) is 5.69 Å². The Hall–Kier alpha value is -2.84. The Bertz CT molecular complexity index is 867. The molecule has 22 heavy (non-hydrogen) atoms. The lowest BCUT2D eigenvalue weighted by Crippen LogP contribution is -2.02. The van der Waals surface area contributed by atoms with Crippen molar-refractivity contribution in [2.24, 2.45) is 0 Å². The van der Waals surface area contributed by atoms with Gasteiger partial charge in [0, 0.05) is 10.6 Å². The van der Waals surface area contributed by atoms with Crippen LogP contribution in [0.15, 0.2) is 48.5 Å². The van der Waals surface area contributed by atoms with E-state index in [0.29, 0.717) is 22.2 Å². The normalized spacial score (nSPS) is 10.2. The van der Waals surface area contributed by atoms with Gasteiger partial charge in [-0.3, -0.25) is 0 Å². The largest absolute Gasteiger partial charge is 0.494 e. The lowest BCUT2D eigenvalue weighted by molar-refractivity contribution is 0.411. The average Bonchev–Trinajstić information content (AvgIpc) is 2.98. The quantitative estimate of drug-likeness (QED) is 0.743. The number of benzene rings is 2. The van der Waals surface area contributed by atoms with Gasteiger partial charge in [-0.2, -0.15) is 5.26 Å². The van der Waals surface area contributed by atoms with Crippen LogP contribution in [0.3, 0.4) is 0 Å². The van der Waals surface area contributed by atoms with Crippen LogP contribution in [0, 0.1) is 11.3 Å². The summed E-state index contributed by atoms with van der Waals surface area (Å²) in [6, 6.07) is 16.7. The second kappa shape index (κ2) is 5.88. The SMILES string of the molecule is COc1ccccc1-n1nnc(C#N)c1-c1cccc(Cl)c1. The number of halogens is 1. The first-order chi connectivity index (χ1) is 10.7. The van der Waals surface area contributed by atoms with E-state index in [4.69, 9.17) is 16.3 Å². The third-order valence-corrected chi connectivity index (χ3v) is 3.42. The molecule has 2 aromatic carbocycles. The topological polar surface area (TPSA) is 63.7 Å². The highest BCUT2D eigenvalue weighted by atomic mass is 35.5. The number of methoxy groups -OCH3 is 1. The fraction of sp³-hybridized carbons (Fsp3) is 0.0625. The molecular weight excluding hydrogens is 300 g/mol. The van der Waals surface area contributed by atoms with Crippen molar-refractivity contribution in [1.82, 2.24) is 15.0 Å². The molecule has 0 saturated heterocycles. The molecule has 3 rings (SSSR count). The zero-order valence-electron chi connectivity index (χ0n) is 11.7. The van der Waals surface area contributed by atoms with Gasteiger partial charge in [0.25, 0.3) is 0 Å². The standard InChI is InChI=1S/C16H11ClN4O/c1-22-15-8-3-2-7-14(15)21-16(13(10-18)19-20-21)11-5-4-6-12(17)9-11/h2-9H,1H3. The highest BCUT2D eigenvalue weighted by Crippen LogP contribution is 2.30. The van der Waals surface area contributed by atoms with Gasteiger partial charge in [-0.15, -0.1) is 5.10 Å². The van der Waals surface area contributed by atoms with Crippen LogP contribution in [-0.2, 0) is 0 Å². The maximum absolute atomic E-state index is 9.31. The monoisotopic (exact) mass is 310 g/mol. The van der Waals surface area contributed by atoms with E-state index < -0.39 is 0 Å². The number of rotatable bonds is 3. The highest BCUT2D eigenvalue weighted by molar-refractivity contribution is 6.30. The van der Waals surface area contributed by atoms with E-state index in [1.54, 1.807) is 23.9 Å². The van der Waals surface area contributed by atoms with Crippen molar-refractivity contribution in [1.29, 1.82) is 5.26 Å². The van der Waals surface area contributed by atoms with Crippen molar-refractivity contribution in [2.45, 2.75) is 0 Å². The van der Waals surface area contributed by atoms with E-state index in [9.17, 15) is 5.26 Å². The van der Waals surface area contributed by atoms with Crippen molar-refractivity contribution < 1.29 is 4.74 Å². The predicted molar refractivity (Wildman–Crippen MR) is 83.1 cm³/mol. The van der Waals surface area contributed by atoms with Crippen LogP contribution in [0.25, 0.3) is 16.9 Å². The summed E-state index contributed by atoms with van der Waals surface area (Å²) in [7, 11) is 1.58. The molecule has 1 heterocycles. The summed E-state index contributed by atoms with van der Waals surface area (Å²) in [4.78, 5) is 0. The first-order valence-corrected chi connectivity index (χ1v) is 6.87. The van der Waals surface area contributed by atoms with Gasteiger partial charge in [-0.1, -0.05) is 41.1 Å². The maximum atomic E-state index is 9.31. The number of nitriles is 1. The van der Waals surface area contributed by atoms with Gasteiger partial charge in [0.15, 0.2) is 5.69 Å². The second-order valence-corrected chi connectivity index (χ2v) is 4.93. The summed E-state index contributed by atoms with van der Waals surface area (Å²) in [5, 5.41) is 17.9. The van der Waals surface area contributed by atoms with Crippen LogP contribution in [-0.4, -0.2) is 22.1 Å². The highest BCUT2D eigenvalue weighted by Gasteiger charge is 2.18. The summed E-state index contributed by atoms with van der Waals surface area (Å²) >= 11 is 6.06. The van der Waals surface area contributed by atoms with Crippen molar-refractivity contribution in [3.8, 4) is 28.8 Å². The Balaban J connectivity index is 2.27. The third kappa shape index (κ3) is 2.41. The summed E-state index contributed by atoms with van der Waals surface area (Å²) in [5.74, 6) is 0.639. The molecule has 0 spiro atoms. The molecule has 1 aromatic heterocycles. The van der Waals surface area contributed by atoms with Gasteiger partial charge in [0.1, 0.15) is 23.2 Å². The molecule has 3 aromatic rings. The van der Waals surface area contributed by atoms with E-state index in [0.717, 1.165) is 5.56 Å². The van der Waals surface area contributed by atoms with Crippen molar-refractivity contribution in [3.05, 3.63) is 59.2 Å². The Morgan fingerprint density at radius 1 is 1.18 bits per heavy atom. The van der Waals surface area contributed by atoms with Crippen molar-refractivity contribution in [3.63, 3.8) is 0 Å². The molecule has 0 bridgehead atoms. The number of ether oxygens (including phenoxy) is 1. The molecule has 0 radical (unpaired) electrons. The molecule has 0 aliphatic heterocycles. The van der Waals surface area contributed by atoms with Gasteiger partial charge in [-0.25, -0.2) is 4.68 Å². The molecule has 0 fully saturated rings. The van der Waals surface area contributed by atoms with E-state index in [2.05, 4.69) is 16.4 Å². The summed E-state index contributed by atoms with van der Waals surface area (Å²) in [5.41, 5.74) is 2.27. The molecule has 0 atom stereocenters. The summed E-state index contributed by atoms with van der Waals surface area (Å²) in [6.07, 6.45) is 0. The van der Waals surface area contributed by atoms with Crippen LogP contribution < -0.4 is 4.74 Å². The molecule has 0 unspecified atom stereocenters. The van der Waals surface area contributed by atoms with Gasteiger partial charge in [0.2, 0.25) is 0 Å². The number of nitrogens with zero attached hydrogens (tertiary/aromatic N) is 4. The molecule has 6 heteroatoms. The number of aromatic nitrogens is 3. The summed E-state index contributed by atoms with van der Waals surface area (Å²) in [6.45, 7) is 0. The average molecular weight is 311 g/mol. The fourth-order valence-electron chi connectivity index (χ4n) is 2.23. The maximum Gasteiger partial charge on any atom is 0.191 e. The minimum atomic E-state index is 0.230. The predicted octanol–water partition coefficient (Wildman–Crippen LogP) is 3.47. The van der Waals surface area contributed by atoms with Gasteiger partial charge < -0.3 is 4.74 Å². The summed E-state index contributed by atoms with van der Waals surface area (Å²) < 4.78 is 6.95. The molecule has 0 N–H and O–H groups in total. The Morgan fingerprint density at radius 3 is 2.73 bits per heavy atom. The minimum absolute atomic E-state index is 0.230. The first kappa shape index (κ1) is 14.1. The van der Waals surface area contributed by atoms with E-state index in [1.807, 2.05) is 36.4 Å². The lowest BCUT2D eigenvalue weighted by Gasteiger charge is -2.10. The van der Waals surface area contributed by atoms with Crippen molar-refractivity contribution in [2.75, 3.05) is 7.11 Å². The molecular formula is C16H11ClN4O. The molecule has 0 saturated carbocycles. The van der Waals surface area contributed by atoms with Gasteiger partial charge in [0.05, 0.1) is 7.11 Å².